The standard InChI is InChI=1S/C18H21NO/c1-2-6-18(7-3-1)20-15-17-10-8-16(9-11-17)14-19-12-4-5-13-19/h1-3,6-11H,4-5,12-15H2. The molecular weight excluding hydrogens is 246 g/mol. The second-order valence-corrected chi connectivity index (χ2v) is 5.40. The van der Waals surface area contributed by atoms with E-state index < -0.39 is 0 Å². The van der Waals surface area contributed by atoms with Gasteiger partial charge in [0.15, 0.2) is 0 Å². The molecule has 2 nitrogen and oxygen atoms in total. The first kappa shape index (κ1) is 13.2. The third-order valence-electron chi connectivity index (χ3n) is 3.78. The molecule has 2 heteroatoms. The molecule has 0 spiro atoms. The van der Waals surface area contributed by atoms with Crippen LogP contribution in [-0.4, -0.2) is 18.0 Å². The Morgan fingerprint density at radius 3 is 2.15 bits per heavy atom. The highest BCUT2D eigenvalue weighted by atomic mass is 16.5. The topological polar surface area (TPSA) is 12.5 Å². The molecule has 0 bridgehead atoms. The quantitative estimate of drug-likeness (QED) is 0.815. The van der Waals surface area contributed by atoms with Crippen molar-refractivity contribution in [2.45, 2.75) is 26.0 Å². The Bertz CT molecular complexity index is 515. The van der Waals surface area contributed by atoms with Crippen molar-refractivity contribution in [3.63, 3.8) is 0 Å². The maximum Gasteiger partial charge on any atom is 0.119 e. The molecule has 2 aromatic rings. The highest BCUT2D eigenvalue weighted by Gasteiger charge is 2.11. The largest absolute Gasteiger partial charge is 0.489 e. The van der Waals surface area contributed by atoms with Crippen molar-refractivity contribution in [1.29, 1.82) is 0 Å². The van der Waals surface area contributed by atoms with E-state index in [1.807, 2.05) is 30.3 Å². The zero-order valence-corrected chi connectivity index (χ0v) is 11.8. The van der Waals surface area contributed by atoms with Gasteiger partial charge < -0.3 is 4.74 Å². The summed E-state index contributed by atoms with van der Waals surface area (Å²) in [5.74, 6) is 0.925. The summed E-state index contributed by atoms with van der Waals surface area (Å²) in [4.78, 5) is 2.52. The van der Waals surface area contributed by atoms with Crippen LogP contribution in [0.25, 0.3) is 0 Å². The van der Waals surface area contributed by atoms with Gasteiger partial charge in [-0.05, 0) is 49.2 Å². The van der Waals surface area contributed by atoms with Gasteiger partial charge in [-0.3, -0.25) is 4.90 Å². The Morgan fingerprint density at radius 1 is 0.800 bits per heavy atom. The summed E-state index contributed by atoms with van der Waals surface area (Å²) in [7, 11) is 0. The third-order valence-corrected chi connectivity index (χ3v) is 3.78. The fraction of sp³-hybridized carbons (Fsp3) is 0.333. The summed E-state index contributed by atoms with van der Waals surface area (Å²) in [6.45, 7) is 4.21. The van der Waals surface area contributed by atoms with Gasteiger partial charge in [0.25, 0.3) is 0 Å². The van der Waals surface area contributed by atoms with Crippen LogP contribution in [0.15, 0.2) is 54.6 Å². The molecule has 0 atom stereocenters. The molecule has 0 amide bonds. The first-order valence-electron chi connectivity index (χ1n) is 7.38. The maximum atomic E-state index is 5.75. The van der Waals surface area contributed by atoms with Crippen molar-refractivity contribution in [3.8, 4) is 5.75 Å². The summed E-state index contributed by atoms with van der Waals surface area (Å²) < 4.78 is 5.75. The summed E-state index contributed by atoms with van der Waals surface area (Å²) in [6, 6.07) is 18.8. The van der Waals surface area contributed by atoms with E-state index in [1.165, 1.54) is 37.1 Å². The first-order valence-corrected chi connectivity index (χ1v) is 7.38. The Hall–Kier alpha value is -1.80. The van der Waals surface area contributed by atoms with Crippen molar-refractivity contribution in [1.82, 2.24) is 4.90 Å². The summed E-state index contributed by atoms with van der Waals surface area (Å²) >= 11 is 0. The molecule has 1 saturated heterocycles. The lowest BCUT2D eigenvalue weighted by Gasteiger charge is -2.14. The van der Waals surface area contributed by atoms with Gasteiger partial charge in [-0.15, -0.1) is 0 Å². The van der Waals surface area contributed by atoms with Gasteiger partial charge in [-0.25, -0.2) is 0 Å². The van der Waals surface area contributed by atoms with Crippen molar-refractivity contribution in [2.75, 3.05) is 13.1 Å². The Balaban J connectivity index is 1.53. The van der Waals surface area contributed by atoms with Crippen LogP contribution < -0.4 is 4.74 Å². The van der Waals surface area contributed by atoms with E-state index in [9.17, 15) is 0 Å². The molecule has 1 aliphatic heterocycles. The van der Waals surface area contributed by atoms with Gasteiger partial charge in [-0.1, -0.05) is 42.5 Å². The van der Waals surface area contributed by atoms with Crippen LogP contribution in [-0.2, 0) is 13.2 Å². The molecule has 2 aromatic carbocycles. The number of hydrogen-bond donors (Lipinski definition) is 0. The molecule has 0 aliphatic carbocycles. The molecule has 3 rings (SSSR count). The van der Waals surface area contributed by atoms with E-state index in [2.05, 4.69) is 29.2 Å². The van der Waals surface area contributed by atoms with Gasteiger partial charge in [0.2, 0.25) is 0 Å². The van der Waals surface area contributed by atoms with E-state index in [0.717, 1.165) is 12.3 Å². The minimum absolute atomic E-state index is 0.633. The summed E-state index contributed by atoms with van der Waals surface area (Å²) in [5, 5.41) is 0. The number of nitrogens with zero attached hydrogens (tertiary/aromatic N) is 1. The lowest BCUT2D eigenvalue weighted by atomic mass is 10.1. The third kappa shape index (κ3) is 3.61. The van der Waals surface area contributed by atoms with E-state index in [1.54, 1.807) is 0 Å². The minimum atomic E-state index is 0.633. The Labute approximate surface area is 121 Å². The van der Waals surface area contributed by atoms with Crippen LogP contribution in [0.4, 0.5) is 0 Å². The number of benzene rings is 2. The van der Waals surface area contributed by atoms with Crippen molar-refractivity contribution >= 4 is 0 Å². The minimum Gasteiger partial charge on any atom is -0.489 e. The van der Waals surface area contributed by atoms with E-state index >= 15 is 0 Å². The average molecular weight is 267 g/mol. The Morgan fingerprint density at radius 2 is 1.45 bits per heavy atom. The average Bonchev–Trinajstić information content (AvgIpc) is 3.01. The smallest absolute Gasteiger partial charge is 0.119 e. The zero-order chi connectivity index (χ0) is 13.6. The van der Waals surface area contributed by atoms with Crippen LogP contribution >= 0.6 is 0 Å². The predicted octanol–water partition coefficient (Wildman–Crippen LogP) is 3.86. The van der Waals surface area contributed by atoms with Crippen molar-refractivity contribution in [3.05, 3.63) is 65.7 Å². The molecule has 104 valence electrons. The van der Waals surface area contributed by atoms with Gasteiger partial charge in [-0.2, -0.15) is 0 Å². The normalized spacial score (nSPS) is 15.4. The summed E-state index contributed by atoms with van der Waals surface area (Å²) in [6.07, 6.45) is 2.70. The highest BCUT2D eigenvalue weighted by molar-refractivity contribution is 5.24. The number of ether oxygens (including phenoxy) is 1. The molecule has 0 N–H and O–H groups in total. The highest BCUT2D eigenvalue weighted by Crippen LogP contribution is 2.15. The Kier molecular flexibility index (Phi) is 4.34. The monoisotopic (exact) mass is 267 g/mol. The van der Waals surface area contributed by atoms with Gasteiger partial charge in [0.05, 0.1) is 0 Å². The number of para-hydroxylation sites is 1. The fourth-order valence-electron chi connectivity index (χ4n) is 2.62. The molecular formula is C18H21NO. The van der Waals surface area contributed by atoms with Crippen LogP contribution in [0.1, 0.15) is 24.0 Å². The number of likely N-dealkylation sites (tertiary alicyclic amines) is 1. The molecule has 0 saturated carbocycles. The number of hydrogen-bond acceptors (Lipinski definition) is 2. The van der Waals surface area contributed by atoms with E-state index in [4.69, 9.17) is 4.74 Å². The number of rotatable bonds is 5. The molecule has 1 aliphatic rings. The van der Waals surface area contributed by atoms with Crippen LogP contribution in [0.5, 0.6) is 5.75 Å². The molecule has 20 heavy (non-hydrogen) atoms. The lowest BCUT2D eigenvalue weighted by Crippen LogP contribution is -2.18. The zero-order valence-electron chi connectivity index (χ0n) is 11.8. The first-order chi connectivity index (χ1) is 9.90. The maximum absolute atomic E-state index is 5.75. The van der Waals surface area contributed by atoms with Gasteiger partial charge in [0, 0.05) is 6.54 Å². The van der Waals surface area contributed by atoms with E-state index in [0.29, 0.717) is 6.61 Å². The second kappa shape index (κ2) is 6.58. The molecule has 0 radical (unpaired) electrons. The van der Waals surface area contributed by atoms with Crippen LogP contribution in [0.2, 0.25) is 0 Å². The van der Waals surface area contributed by atoms with Gasteiger partial charge >= 0.3 is 0 Å². The van der Waals surface area contributed by atoms with Crippen LogP contribution in [0, 0.1) is 0 Å². The molecule has 0 unspecified atom stereocenters. The SMILES string of the molecule is c1ccc(OCc2ccc(CN3CCCC3)cc2)cc1. The molecule has 0 aromatic heterocycles. The fourth-order valence-corrected chi connectivity index (χ4v) is 2.62. The van der Waals surface area contributed by atoms with E-state index in [-0.39, 0.29) is 0 Å². The predicted molar refractivity (Wildman–Crippen MR) is 81.7 cm³/mol. The van der Waals surface area contributed by atoms with Crippen molar-refractivity contribution < 1.29 is 4.74 Å². The lowest BCUT2D eigenvalue weighted by molar-refractivity contribution is 0.306. The molecule has 1 fully saturated rings. The summed E-state index contributed by atoms with van der Waals surface area (Å²) in [5.41, 5.74) is 2.62. The van der Waals surface area contributed by atoms with Crippen LogP contribution in [0.3, 0.4) is 0 Å². The second-order valence-electron chi connectivity index (χ2n) is 5.40. The molecule has 1 heterocycles. The van der Waals surface area contributed by atoms with Gasteiger partial charge in [0.1, 0.15) is 12.4 Å². The van der Waals surface area contributed by atoms with Crippen molar-refractivity contribution in [2.24, 2.45) is 0 Å².